The summed E-state index contributed by atoms with van der Waals surface area (Å²) in [6.45, 7) is 7.80. The summed E-state index contributed by atoms with van der Waals surface area (Å²) in [7, 11) is -0.599. The first kappa shape index (κ1) is 17.6. The Morgan fingerprint density at radius 2 is 1.92 bits per heavy atom. The highest BCUT2D eigenvalue weighted by atomic mass is 35.5. The van der Waals surface area contributed by atoms with Gasteiger partial charge in [0.05, 0.1) is 22.8 Å². The minimum Gasteiger partial charge on any atom is -0.399 e. The number of rotatable bonds is 4. The fourth-order valence-corrected chi connectivity index (χ4v) is 2.62. The monoisotopic (exact) mass is 354 g/mol. The van der Waals surface area contributed by atoms with E-state index in [4.69, 9.17) is 20.9 Å². The van der Waals surface area contributed by atoms with E-state index < -0.39 is 29.9 Å². The lowest BCUT2D eigenvalue weighted by molar-refractivity contribution is 0.00578. The highest BCUT2D eigenvalue weighted by molar-refractivity contribution is 6.62. The predicted molar refractivity (Wildman–Crippen MR) is 90.4 cm³/mol. The second-order valence-electron chi connectivity index (χ2n) is 7.52. The Bertz CT molecular complexity index is 663. The van der Waals surface area contributed by atoms with Crippen molar-refractivity contribution in [2.24, 2.45) is 0 Å². The van der Waals surface area contributed by atoms with E-state index in [2.05, 4.69) is 10.3 Å². The van der Waals surface area contributed by atoms with Gasteiger partial charge in [0.2, 0.25) is 0 Å². The SMILES string of the molecule is CC1(C)OB(c2cnc(C(=O)NCC3(F)CC3)c(Cl)c2)OC1(C)C. The first-order valence-corrected chi connectivity index (χ1v) is 8.39. The molecular formula is C16H21BClFN2O3. The maximum atomic E-state index is 13.6. The number of carbonyl (C=O) groups is 1. The van der Waals surface area contributed by atoms with Crippen LogP contribution < -0.4 is 10.8 Å². The van der Waals surface area contributed by atoms with Crippen LogP contribution in [0.2, 0.25) is 5.02 Å². The largest absolute Gasteiger partial charge is 0.496 e. The number of pyridine rings is 1. The van der Waals surface area contributed by atoms with Crippen LogP contribution >= 0.6 is 11.6 Å². The number of nitrogens with zero attached hydrogens (tertiary/aromatic N) is 1. The molecule has 8 heteroatoms. The first-order valence-electron chi connectivity index (χ1n) is 8.01. The molecule has 0 aromatic carbocycles. The Balaban J connectivity index is 1.72. The Morgan fingerprint density at radius 1 is 1.33 bits per heavy atom. The summed E-state index contributed by atoms with van der Waals surface area (Å²) >= 11 is 6.18. The zero-order valence-electron chi connectivity index (χ0n) is 14.3. The summed E-state index contributed by atoms with van der Waals surface area (Å²) in [6, 6.07) is 1.61. The van der Waals surface area contributed by atoms with E-state index in [1.165, 1.54) is 6.20 Å². The molecule has 0 atom stereocenters. The molecule has 0 radical (unpaired) electrons. The molecule has 5 nitrogen and oxygen atoms in total. The van der Waals surface area contributed by atoms with Gasteiger partial charge in [0, 0.05) is 11.7 Å². The van der Waals surface area contributed by atoms with Crippen LogP contribution in [0.1, 0.15) is 51.0 Å². The number of aromatic nitrogens is 1. The third kappa shape index (κ3) is 3.30. The number of halogens is 2. The number of carbonyl (C=O) groups excluding carboxylic acids is 1. The van der Waals surface area contributed by atoms with Gasteiger partial charge in [0.1, 0.15) is 11.4 Å². The molecule has 2 heterocycles. The minimum atomic E-state index is -1.26. The molecule has 1 N–H and O–H groups in total. The second-order valence-corrected chi connectivity index (χ2v) is 7.93. The molecule has 130 valence electrons. The average Bonchev–Trinajstić information content (AvgIpc) is 3.16. The molecule has 0 unspecified atom stereocenters. The normalized spacial score (nSPS) is 23.2. The maximum absolute atomic E-state index is 13.6. The van der Waals surface area contributed by atoms with Gasteiger partial charge in [-0.15, -0.1) is 0 Å². The van der Waals surface area contributed by atoms with Crippen LogP contribution in [0.5, 0.6) is 0 Å². The van der Waals surface area contributed by atoms with Gasteiger partial charge >= 0.3 is 7.12 Å². The lowest BCUT2D eigenvalue weighted by atomic mass is 9.80. The Kier molecular flexibility index (Phi) is 4.17. The van der Waals surface area contributed by atoms with Gasteiger partial charge in [-0.3, -0.25) is 4.79 Å². The first-order chi connectivity index (χ1) is 11.0. The molecule has 1 saturated heterocycles. The van der Waals surface area contributed by atoms with Gasteiger partial charge in [-0.1, -0.05) is 11.6 Å². The van der Waals surface area contributed by atoms with E-state index >= 15 is 0 Å². The molecule has 1 saturated carbocycles. The fourth-order valence-electron chi connectivity index (χ4n) is 2.36. The van der Waals surface area contributed by atoms with Crippen molar-refractivity contribution in [2.75, 3.05) is 6.54 Å². The molecule has 0 bridgehead atoms. The lowest BCUT2D eigenvalue weighted by Gasteiger charge is -2.32. The Hall–Kier alpha value is -1.18. The van der Waals surface area contributed by atoms with Crippen LogP contribution in [0.3, 0.4) is 0 Å². The van der Waals surface area contributed by atoms with Crippen molar-refractivity contribution in [3.63, 3.8) is 0 Å². The quantitative estimate of drug-likeness (QED) is 0.843. The van der Waals surface area contributed by atoms with Crippen LogP contribution in [0, 0.1) is 0 Å². The van der Waals surface area contributed by atoms with E-state index in [1.54, 1.807) is 6.07 Å². The van der Waals surface area contributed by atoms with Crippen molar-refractivity contribution in [2.45, 2.75) is 57.4 Å². The van der Waals surface area contributed by atoms with Crippen molar-refractivity contribution in [3.8, 4) is 0 Å². The van der Waals surface area contributed by atoms with E-state index in [9.17, 15) is 9.18 Å². The van der Waals surface area contributed by atoms with E-state index in [0.29, 0.717) is 18.3 Å². The van der Waals surface area contributed by atoms with Crippen molar-refractivity contribution >= 4 is 30.1 Å². The minimum absolute atomic E-state index is 0.0111. The van der Waals surface area contributed by atoms with Crippen molar-refractivity contribution in [3.05, 3.63) is 23.0 Å². The van der Waals surface area contributed by atoms with Gasteiger partial charge in [0.15, 0.2) is 0 Å². The number of alkyl halides is 1. The van der Waals surface area contributed by atoms with E-state index in [-0.39, 0.29) is 17.3 Å². The highest BCUT2D eigenvalue weighted by Gasteiger charge is 2.52. The molecule has 2 fully saturated rings. The highest BCUT2D eigenvalue weighted by Crippen LogP contribution is 2.39. The zero-order chi connectivity index (χ0) is 17.8. The summed E-state index contributed by atoms with van der Waals surface area (Å²) in [5.41, 5.74) is -1.49. The molecular weight excluding hydrogens is 333 g/mol. The molecule has 1 aromatic rings. The molecule has 1 aliphatic heterocycles. The molecule has 0 spiro atoms. The summed E-state index contributed by atoms with van der Waals surface area (Å²) in [5.74, 6) is -0.482. The predicted octanol–water partition coefficient (Wildman–Crippen LogP) is 2.27. The smallest absolute Gasteiger partial charge is 0.399 e. The zero-order valence-corrected chi connectivity index (χ0v) is 15.0. The standard InChI is InChI=1S/C16H21BClFN2O3/c1-14(2)15(3,4)24-17(23-14)10-7-11(18)12(20-8-10)13(22)21-9-16(19)5-6-16/h7-8H,5-6,9H2,1-4H3,(H,21,22). The second kappa shape index (κ2) is 5.68. The molecule has 24 heavy (non-hydrogen) atoms. The van der Waals surface area contributed by atoms with Crippen molar-refractivity contribution in [1.82, 2.24) is 10.3 Å². The third-order valence-corrected chi connectivity index (χ3v) is 5.25. The molecule has 3 rings (SSSR count). The van der Waals surface area contributed by atoms with Crippen LogP contribution in [0.4, 0.5) is 4.39 Å². The summed E-state index contributed by atoms with van der Waals surface area (Å²) in [5, 5.41) is 2.72. The number of hydrogen-bond acceptors (Lipinski definition) is 4. The van der Waals surface area contributed by atoms with E-state index in [0.717, 1.165) is 0 Å². The lowest BCUT2D eigenvalue weighted by Crippen LogP contribution is -2.41. The van der Waals surface area contributed by atoms with Crippen molar-refractivity contribution < 1.29 is 18.5 Å². The van der Waals surface area contributed by atoms with Crippen molar-refractivity contribution in [1.29, 1.82) is 0 Å². The third-order valence-electron chi connectivity index (χ3n) is 4.96. The Labute approximate surface area is 146 Å². The molecule has 1 amide bonds. The van der Waals surface area contributed by atoms with Crippen LogP contribution in [0.25, 0.3) is 0 Å². The fraction of sp³-hybridized carbons (Fsp3) is 0.625. The summed E-state index contributed by atoms with van der Waals surface area (Å²) in [6.07, 6.45) is 2.47. The van der Waals surface area contributed by atoms with Gasteiger partial charge < -0.3 is 14.6 Å². The van der Waals surface area contributed by atoms with Gasteiger partial charge in [-0.25, -0.2) is 9.37 Å². The van der Waals surface area contributed by atoms with Gasteiger partial charge in [-0.05, 0) is 46.6 Å². The molecule has 1 aromatic heterocycles. The maximum Gasteiger partial charge on any atom is 0.496 e. The summed E-state index contributed by atoms with van der Waals surface area (Å²) in [4.78, 5) is 16.2. The average molecular weight is 355 g/mol. The van der Waals surface area contributed by atoms with Crippen LogP contribution in [-0.2, 0) is 9.31 Å². The van der Waals surface area contributed by atoms with Gasteiger partial charge in [0.25, 0.3) is 5.91 Å². The number of amides is 1. The van der Waals surface area contributed by atoms with Crippen LogP contribution in [-0.4, -0.2) is 41.4 Å². The topological polar surface area (TPSA) is 60.5 Å². The summed E-state index contributed by atoms with van der Waals surface area (Å²) < 4.78 is 25.5. The van der Waals surface area contributed by atoms with E-state index in [1.807, 2.05) is 27.7 Å². The van der Waals surface area contributed by atoms with Gasteiger partial charge in [-0.2, -0.15) is 0 Å². The van der Waals surface area contributed by atoms with Crippen LogP contribution in [0.15, 0.2) is 12.3 Å². The number of hydrogen-bond donors (Lipinski definition) is 1. The number of nitrogens with one attached hydrogen (secondary N) is 1. The Morgan fingerprint density at radius 3 is 2.42 bits per heavy atom. The molecule has 1 aliphatic carbocycles. The molecule has 2 aliphatic rings.